The summed E-state index contributed by atoms with van der Waals surface area (Å²) in [6, 6.07) is 3.12. The van der Waals surface area contributed by atoms with Crippen LogP contribution in [0.25, 0.3) is 22.3 Å². The molecule has 0 radical (unpaired) electrons. The van der Waals surface area contributed by atoms with E-state index in [9.17, 15) is 22.8 Å². The molecule has 2 saturated carbocycles. The molecule has 2 heterocycles. The van der Waals surface area contributed by atoms with E-state index in [1.807, 2.05) is 0 Å². The van der Waals surface area contributed by atoms with E-state index in [0.29, 0.717) is 53.4 Å². The lowest BCUT2D eigenvalue weighted by Crippen LogP contribution is -2.38. The summed E-state index contributed by atoms with van der Waals surface area (Å²) < 4.78 is 51.5. The fourth-order valence-corrected chi connectivity index (χ4v) is 5.01. The number of carbonyl (C=O) groups is 2. The van der Waals surface area contributed by atoms with Crippen LogP contribution in [0.4, 0.5) is 13.2 Å². The fraction of sp³-hybridized carbons (Fsp3) is 0.481. The largest absolute Gasteiger partial charge is 0.493 e. The number of halogens is 3. The average Bonchev–Trinajstić information content (AvgIpc) is 3.51. The number of nitrogens with zero attached hydrogens (tertiary/aromatic N) is 2. The number of carbonyl (C=O) groups excluding carboxylic acids is 2. The number of aromatic amines is 1. The monoisotopic (exact) mass is 545 g/mol. The standard InChI is InChI=1S/C27H30F3N5O4/c1-14-22(26(37)35-18-7-6-17(10-18)34-21(36)12-38-2)24-25(33-14)23(31-13-32-24)19-9-16(27(28,29)30)5-8-20(19)39-11-15-3-4-15/h5,8-9,13,15,17-18,33H,3-4,6-7,10-12H2,1-2H3,(H,34,36)(H,35,37)/t17-,18+/m1/s1. The van der Waals surface area contributed by atoms with Crippen LogP contribution in [0.5, 0.6) is 5.75 Å². The summed E-state index contributed by atoms with van der Waals surface area (Å²) in [5, 5.41) is 5.91. The molecule has 2 amide bonds. The second-order valence-electron chi connectivity index (χ2n) is 10.2. The van der Waals surface area contributed by atoms with Crippen molar-refractivity contribution in [3.63, 3.8) is 0 Å². The molecule has 2 fully saturated rings. The second kappa shape index (κ2) is 10.8. The number of benzene rings is 1. The highest BCUT2D eigenvalue weighted by Gasteiger charge is 2.33. The number of hydrogen-bond donors (Lipinski definition) is 3. The molecule has 3 aromatic rings. The number of methoxy groups -OCH3 is 1. The zero-order chi connectivity index (χ0) is 27.7. The summed E-state index contributed by atoms with van der Waals surface area (Å²) >= 11 is 0. The smallest absolute Gasteiger partial charge is 0.416 e. The van der Waals surface area contributed by atoms with Gasteiger partial charge in [-0.05, 0) is 63.1 Å². The van der Waals surface area contributed by atoms with Crippen molar-refractivity contribution >= 4 is 22.8 Å². The van der Waals surface area contributed by atoms with Crippen molar-refractivity contribution in [3.8, 4) is 17.0 Å². The summed E-state index contributed by atoms with van der Waals surface area (Å²) in [5.41, 5.74) is 1.05. The number of amides is 2. The van der Waals surface area contributed by atoms with Crippen molar-refractivity contribution in [3.05, 3.63) is 41.3 Å². The topological polar surface area (TPSA) is 118 Å². The van der Waals surface area contributed by atoms with Crippen LogP contribution in [-0.2, 0) is 15.7 Å². The molecule has 208 valence electrons. The van der Waals surface area contributed by atoms with Gasteiger partial charge in [0.2, 0.25) is 5.91 Å². The molecule has 1 aromatic carbocycles. The molecule has 2 aromatic heterocycles. The molecule has 2 aliphatic rings. The molecule has 0 spiro atoms. The number of rotatable bonds is 9. The predicted molar refractivity (Wildman–Crippen MR) is 136 cm³/mol. The minimum atomic E-state index is -4.55. The van der Waals surface area contributed by atoms with Gasteiger partial charge in [-0.2, -0.15) is 13.2 Å². The lowest BCUT2D eigenvalue weighted by molar-refractivity contribution is -0.137. The molecular weight excluding hydrogens is 515 g/mol. The summed E-state index contributed by atoms with van der Waals surface area (Å²) in [5.74, 6) is 0.130. The maximum absolute atomic E-state index is 13.6. The van der Waals surface area contributed by atoms with Crippen LogP contribution in [0.15, 0.2) is 24.5 Å². The van der Waals surface area contributed by atoms with Crippen molar-refractivity contribution in [1.82, 2.24) is 25.6 Å². The summed E-state index contributed by atoms with van der Waals surface area (Å²) in [4.78, 5) is 36.9. The van der Waals surface area contributed by atoms with Gasteiger partial charge in [-0.25, -0.2) is 9.97 Å². The minimum absolute atomic E-state index is 0.0245. The molecule has 3 N–H and O–H groups in total. The molecule has 39 heavy (non-hydrogen) atoms. The van der Waals surface area contributed by atoms with Crippen molar-refractivity contribution in [2.24, 2.45) is 5.92 Å². The van der Waals surface area contributed by atoms with Crippen molar-refractivity contribution in [1.29, 1.82) is 0 Å². The third-order valence-electron chi connectivity index (χ3n) is 7.14. The molecule has 2 aliphatic carbocycles. The number of ether oxygens (including phenoxy) is 2. The van der Waals surface area contributed by atoms with Crippen LogP contribution in [0.2, 0.25) is 0 Å². The Morgan fingerprint density at radius 3 is 2.54 bits per heavy atom. The van der Waals surface area contributed by atoms with Gasteiger partial charge < -0.3 is 25.1 Å². The highest BCUT2D eigenvalue weighted by Crippen LogP contribution is 2.40. The van der Waals surface area contributed by atoms with Crippen LogP contribution < -0.4 is 15.4 Å². The lowest BCUT2D eigenvalue weighted by Gasteiger charge is -2.15. The molecule has 2 atom stereocenters. The van der Waals surface area contributed by atoms with E-state index in [2.05, 4.69) is 25.6 Å². The zero-order valence-electron chi connectivity index (χ0n) is 21.7. The molecule has 0 aliphatic heterocycles. The summed E-state index contributed by atoms with van der Waals surface area (Å²) in [6.45, 7) is 2.10. The third kappa shape index (κ3) is 6.00. The van der Waals surface area contributed by atoms with E-state index in [0.717, 1.165) is 31.4 Å². The van der Waals surface area contributed by atoms with Gasteiger partial charge in [0.25, 0.3) is 5.91 Å². The first-order chi connectivity index (χ1) is 18.6. The van der Waals surface area contributed by atoms with Crippen LogP contribution in [0.1, 0.15) is 53.7 Å². The van der Waals surface area contributed by atoms with E-state index in [4.69, 9.17) is 9.47 Å². The van der Waals surface area contributed by atoms with Gasteiger partial charge in [-0.15, -0.1) is 0 Å². The van der Waals surface area contributed by atoms with E-state index >= 15 is 0 Å². The Balaban J connectivity index is 1.42. The molecule has 0 saturated heterocycles. The fourth-order valence-electron chi connectivity index (χ4n) is 5.01. The van der Waals surface area contributed by atoms with Gasteiger partial charge in [-0.3, -0.25) is 9.59 Å². The van der Waals surface area contributed by atoms with Gasteiger partial charge >= 0.3 is 6.18 Å². The quantitative estimate of drug-likeness (QED) is 0.372. The average molecular weight is 546 g/mol. The van der Waals surface area contributed by atoms with Crippen LogP contribution in [0.3, 0.4) is 0 Å². The number of alkyl halides is 3. The van der Waals surface area contributed by atoms with Crippen LogP contribution >= 0.6 is 0 Å². The number of aryl methyl sites for hydroxylation is 1. The summed E-state index contributed by atoms with van der Waals surface area (Å²) in [7, 11) is 1.45. The van der Waals surface area contributed by atoms with E-state index < -0.39 is 11.7 Å². The predicted octanol–water partition coefficient (Wildman–Crippen LogP) is 4.15. The van der Waals surface area contributed by atoms with Gasteiger partial charge in [0.15, 0.2) is 0 Å². The lowest BCUT2D eigenvalue weighted by atomic mass is 10.0. The van der Waals surface area contributed by atoms with Gasteiger partial charge in [0.05, 0.1) is 23.3 Å². The van der Waals surface area contributed by atoms with Crippen molar-refractivity contribution < 1.29 is 32.2 Å². The Morgan fingerprint density at radius 2 is 1.85 bits per heavy atom. The molecule has 0 bridgehead atoms. The molecule has 0 unspecified atom stereocenters. The Morgan fingerprint density at radius 1 is 1.10 bits per heavy atom. The van der Waals surface area contributed by atoms with Crippen LogP contribution in [0, 0.1) is 12.8 Å². The number of aromatic nitrogens is 3. The molecular formula is C27H30F3N5O4. The number of nitrogens with one attached hydrogen (secondary N) is 3. The van der Waals surface area contributed by atoms with Gasteiger partial charge in [0, 0.05) is 30.5 Å². The molecule has 9 nitrogen and oxygen atoms in total. The number of hydrogen-bond acceptors (Lipinski definition) is 6. The first-order valence-electron chi connectivity index (χ1n) is 12.9. The maximum atomic E-state index is 13.6. The first kappa shape index (κ1) is 26.9. The Kier molecular flexibility index (Phi) is 7.48. The number of fused-ring (bicyclic) bond motifs is 1. The minimum Gasteiger partial charge on any atom is -0.493 e. The van der Waals surface area contributed by atoms with Crippen molar-refractivity contribution in [2.45, 2.75) is 57.3 Å². The van der Waals surface area contributed by atoms with E-state index in [1.54, 1.807) is 6.92 Å². The first-order valence-corrected chi connectivity index (χ1v) is 12.9. The third-order valence-corrected chi connectivity index (χ3v) is 7.14. The summed E-state index contributed by atoms with van der Waals surface area (Å²) in [6.07, 6.45) is 0.746. The van der Waals surface area contributed by atoms with E-state index in [-0.39, 0.29) is 41.8 Å². The highest BCUT2D eigenvalue weighted by atomic mass is 19.4. The van der Waals surface area contributed by atoms with Crippen molar-refractivity contribution in [2.75, 3.05) is 20.3 Å². The SMILES string of the molecule is COCC(=O)N[C@@H]1CC[C@H](NC(=O)c2c(C)[nH]c3c(-c4cc(C(F)(F)F)ccc4OCC4CC4)ncnc23)C1. The van der Waals surface area contributed by atoms with E-state index in [1.165, 1.54) is 19.5 Å². The van der Waals surface area contributed by atoms with Crippen LogP contribution in [-0.4, -0.2) is 59.2 Å². The Labute approximate surface area is 222 Å². The number of H-pyrrole nitrogens is 1. The Bertz CT molecular complexity index is 1390. The van der Waals surface area contributed by atoms with Gasteiger partial charge in [-0.1, -0.05) is 0 Å². The Hall–Kier alpha value is -3.67. The second-order valence-corrected chi connectivity index (χ2v) is 10.2. The normalized spacial score (nSPS) is 19.3. The molecule has 12 heteroatoms. The van der Waals surface area contributed by atoms with Gasteiger partial charge in [0.1, 0.15) is 29.9 Å². The zero-order valence-corrected chi connectivity index (χ0v) is 21.7. The molecule has 5 rings (SSSR count). The highest BCUT2D eigenvalue weighted by molar-refractivity contribution is 6.09. The maximum Gasteiger partial charge on any atom is 0.416 e.